The first-order valence-electron chi connectivity index (χ1n) is 5.23. The zero-order chi connectivity index (χ0) is 11.7. The molecule has 2 N–H and O–H groups in total. The summed E-state index contributed by atoms with van der Waals surface area (Å²) in [5.41, 5.74) is 6.86. The largest absolute Gasteiger partial charge is 0.368 e. The third kappa shape index (κ3) is 2.65. The van der Waals surface area contributed by atoms with Gasteiger partial charge in [0.25, 0.3) is 0 Å². The molecule has 2 nitrogen and oxygen atoms in total. The lowest BCUT2D eigenvalue weighted by Crippen LogP contribution is -2.43. The molecule has 5 heteroatoms. The number of hydrogen-bond acceptors (Lipinski definition) is 2. The van der Waals surface area contributed by atoms with E-state index in [4.69, 9.17) is 28.9 Å². The van der Waals surface area contributed by atoms with E-state index in [9.17, 15) is 0 Å². The Labute approximate surface area is 114 Å². The lowest BCUT2D eigenvalue weighted by molar-refractivity contribution is 0.506. The van der Waals surface area contributed by atoms with Crippen molar-refractivity contribution in [3.8, 4) is 0 Å². The molecule has 1 aromatic carbocycles. The first kappa shape index (κ1) is 12.5. The molecule has 1 atom stereocenters. The minimum atomic E-state index is 0.213. The number of piperidine rings is 1. The number of benzene rings is 1. The highest BCUT2D eigenvalue weighted by Gasteiger charge is 2.21. The molecule has 1 aromatic rings. The van der Waals surface area contributed by atoms with Crippen molar-refractivity contribution in [1.29, 1.82) is 0 Å². The Kier molecular flexibility index (Phi) is 4.01. The SMILES string of the molecule is NC1CCCN(c2c(Cl)cc(Br)cc2Cl)C1. The van der Waals surface area contributed by atoms with Crippen molar-refractivity contribution in [1.82, 2.24) is 0 Å². The zero-order valence-electron chi connectivity index (χ0n) is 8.72. The number of nitrogens with zero attached hydrogens (tertiary/aromatic N) is 1. The van der Waals surface area contributed by atoms with Gasteiger partial charge in [-0.25, -0.2) is 0 Å². The van der Waals surface area contributed by atoms with Crippen LogP contribution in [-0.2, 0) is 0 Å². The first-order chi connectivity index (χ1) is 7.58. The second kappa shape index (κ2) is 5.13. The van der Waals surface area contributed by atoms with Crippen LogP contribution in [0.3, 0.4) is 0 Å². The fourth-order valence-electron chi connectivity index (χ4n) is 2.05. The second-order valence-electron chi connectivity index (χ2n) is 4.07. The van der Waals surface area contributed by atoms with E-state index in [1.54, 1.807) is 0 Å². The molecule has 88 valence electrons. The van der Waals surface area contributed by atoms with Crippen molar-refractivity contribution in [3.63, 3.8) is 0 Å². The van der Waals surface area contributed by atoms with E-state index in [-0.39, 0.29) is 6.04 Å². The quantitative estimate of drug-likeness (QED) is 0.854. The van der Waals surface area contributed by atoms with Gasteiger partial charge in [-0.05, 0) is 25.0 Å². The summed E-state index contributed by atoms with van der Waals surface area (Å²) in [6.07, 6.45) is 2.16. The molecule has 1 aliphatic rings. The predicted octanol–water partition coefficient (Wildman–Crippen LogP) is 3.68. The van der Waals surface area contributed by atoms with Crippen LogP contribution in [0.2, 0.25) is 10.0 Å². The summed E-state index contributed by atoms with van der Waals surface area (Å²) >= 11 is 15.8. The van der Waals surface area contributed by atoms with E-state index in [1.807, 2.05) is 12.1 Å². The normalized spacial score (nSPS) is 21.2. The smallest absolute Gasteiger partial charge is 0.0746 e. The molecule has 0 aliphatic carbocycles. The fourth-order valence-corrected chi connectivity index (χ4v) is 3.50. The van der Waals surface area contributed by atoms with Crippen LogP contribution in [0.15, 0.2) is 16.6 Å². The average molecular weight is 324 g/mol. The summed E-state index contributed by atoms with van der Waals surface area (Å²) in [6, 6.07) is 3.94. The summed E-state index contributed by atoms with van der Waals surface area (Å²) in [4.78, 5) is 2.17. The number of hydrogen-bond donors (Lipinski definition) is 1. The maximum atomic E-state index is 6.22. The second-order valence-corrected chi connectivity index (χ2v) is 5.80. The Bertz CT molecular complexity index is 375. The molecule has 0 amide bonds. The summed E-state index contributed by atoms with van der Waals surface area (Å²) in [7, 11) is 0. The number of nitrogens with two attached hydrogens (primary N) is 1. The van der Waals surface area contributed by atoms with Crippen molar-refractivity contribution in [3.05, 3.63) is 26.7 Å². The Morgan fingerprint density at radius 3 is 2.50 bits per heavy atom. The molecule has 1 heterocycles. The molecule has 0 aromatic heterocycles. The monoisotopic (exact) mass is 322 g/mol. The van der Waals surface area contributed by atoms with E-state index >= 15 is 0 Å². The van der Waals surface area contributed by atoms with Crippen LogP contribution in [0, 0.1) is 0 Å². The molecule has 0 bridgehead atoms. The maximum Gasteiger partial charge on any atom is 0.0746 e. The molecule has 0 radical (unpaired) electrons. The molecule has 1 saturated heterocycles. The van der Waals surface area contributed by atoms with Gasteiger partial charge >= 0.3 is 0 Å². The van der Waals surface area contributed by atoms with E-state index in [0.29, 0.717) is 10.0 Å². The number of anilines is 1. The Balaban J connectivity index is 2.32. The predicted molar refractivity (Wildman–Crippen MR) is 73.6 cm³/mol. The number of rotatable bonds is 1. The molecule has 1 fully saturated rings. The standard InChI is InChI=1S/C11H13BrCl2N2/c12-7-4-9(13)11(10(14)5-7)16-3-1-2-8(15)6-16/h4-5,8H,1-3,6,15H2. The lowest BCUT2D eigenvalue weighted by Gasteiger charge is -2.33. The highest BCUT2D eigenvalue weighted by atomic mass is 79.9. The van der Waals surface area contributed by atoms with Gasteiger partial charge in [-0.3, -0.25) is 0 Å². The summed E-state index contributed by atoms with van der Waals surface area (Å²) < 4.78 is 0.896. The van der Waals surface area contributed by atoms with E-state index in [0.717, 1.165) is 36.1 Å². The fraction of sp³-hybridized carbons (Fsp3) is 0.455. The molecule has 0 saturated carbocycles. The molecule has 2 rings (SSSR count). The van der Waals surface area contributed by atoms with Gasteiger partial charge in [-0.2, -0.15) is 0 Å². The maximum absolute atomic E-state index is 6.22. The van der Waals surface area contributed by atoms with Gasteiger partial charge in [-0.1, -0.05) is 39.1 Å². The van der Waals surface area contributed by atoms with Crippen LogP contribution in [0.25, 0.3) is 0 Å². The molecule has 16 heavy (non-hydrogen) atoms. The van der Waals surface area contributed by atoms with Crippen molar-refractivity contribution in [2.45, 2.75) is 18.9 Å². The minimum absolute atomic E-state index is 0.213. The molecular formula is C11H13BrCl2N2. The highest BCUT2D eigenvalue weighted by Crippen LogP contribution is 2.37. The third-order valence-corrected chi connectivity index (χ3v) is 3.79. The van der Waals surface area contributed by atoms with Crippen LogP contribution in [0.5, 0.6) is 0 Å². The van der Waals surface area contributed by atoms with Crippen LogP contribution in [0.4, 0.5) is 5.69 Å². The molecule has 1 aliphatic heterocycles. The average Bonchev–Trinajstić information content (AvgIpc) is 2.15. The van der Waals surface area contributed by atoms with Gasteiger partial charge in [0.2, 0.25) is 0 Å². The van der Waals surface area contributed by atoms with Crippen LogP contribution >= 0.6 is 39.1 Å². The number of halogens is 3. The highest BCUT2D eigenvalue weighted by molar-refractivity contribution is 9.10. The zero-order valence-corrected chi connectivity index (χ0v) is 11.8. The molecule has 0 spiro atoms. The molecular weight excluding hydrogens is 311 g/mol. The van der Waals surface area contributed by atoms with E-state index in [2.05, 4.69) is 20.8 Å². The summed E-state index contributed by atoms with van der Waals surface area (Å²) in [5, 5.41) is 1.35. The van der Waals surface area contributed by atoms with Crippen molar-refractivity contribution < 1.29 is 0 Å². The van der Waals surface area contributed by atoms with Crippen molar-refractivity contribution >= 4 is 44.8 Å². The van der Waals surface area contributed by atoms with E-state index < -0.39 is 0 Å². The Morgan fingerprint density at radius 2 is 1.94 bits per heavy atom. The summed E-state index contributed by atoms with van der Waals surface area (Å²) in [5.74, 6) is 0. The molecule has 1 unspecified atom stereocenters. The van der Waals surface area contributed by atoms with E-state index in [1.165, 1.54) is 0 Å². The Morgan fingerprint density at radius 1 is 1.31 bits per heavy atom. The summed E-state index contributed by atoms with van der Waals surface area (Å²) in [6.45, 7) is 1.79. The Hall–Kier alpha value is 0.0400. The van der Waals surface area contributed by atoms with Crippen LogP contribution in [0.1, 0.15) is 12.8 Å². The minimum Gasteiger partial charge on any atom is -0.368 e. The topological polar surface area (TPSA) is 29.3 Å². The van der Waals surface area contributed by atoms with Crippen LogP contribution < -0.4 is 10.6 Å². The van der Waals surface area contributed by atoms with Gasteiger partial charge in [0, 0.05) is 23.6 Å². The van der Waals surface area contributed by atoms with Gasteiger partial charge in [0.1, 0.15) is 0 Å². The van der Waals surface area contributed by atoms with Gasteiger partial charge in [0.05, 0.1) is 15.7 Å². The van der Waals surface area contributed by atoms with Gasteiger partial charge < -0.3 is 10.6 Å². The first-order valence-corrected chi connectivity index (χ1v) is 6.78. The third-order valence-electron chi connectivity index (χ3n) is 2.76. The van der Waals surface area contributed by atoms with Gasteiger partial charge in [-0.15, -0.1) is 0 Å². The van der Waals surface area contributed by atoms with Crippen molar-refractivity contribution in [2.75, 3.05) is 18.0 Å². The van der Waals surface area contributed by atoms with Crippen molar-refractivity contribution in [2.24, 2.45) is 5.73 Å². The van der Waals surface area contributed by atoms with Crippen LogP contribution in [-0.4, -0.2) is 19.1 Å². The van der Waals surface area contributed by atoms with Gasteiger partial charge in [0.15, 0.2) is 0 Å². The lowest BCUT2D eigenvalue weighted by atomic mass is 10.1.